The second-order valence-electron chi connectivity index (χ2n) is 4.19. The lowest BCUT2D eigenvalue weighted by molar-refractivity contribution is 0.591. The van der Waals surface area contributed by atoms with Crippen molar-refractivity contribution in [3.05, 3.63) is 35.5 Å². The Labute approximate surface area is 91.1 Å². The van der Waals surface area contributed by atoms with Crippen LogP contribution in [0.25, 0.3) is 10.9 Å². The summed E-state index contributed by atoms with van der Waals surface area (Å²) in [4.78, 5) is 4.26. The smallest absolute Gasteiger partial charge is 0.137 e. The Kier molecular flexibility index (Phi) is 1.87. The highest BCUT2D eigenvalue weighted by molar-refractivity contribution is 5.91. The van der Waals surface area contributed by atoms with Crippen LogP contribution < -0.4 is 5.73 Å². The fourth-order valence-electron chi connectivity index (χ4n) is 1.93. The molecule has 2 N–H and O–H groups in total. The maximum Gasteiger partial charge on any atom is 0.137 e. The molecule has 1 aliphatic carbocycles. The van der Waals surface area contributed by atoms with Gasteiger partial charge in [0.15, 0.2) is 0 Å². The molecule has 0 unspecified atom stereocenters. The van der Waals surface area contributed by atoms with E-state index in [1.165, 1.54) is 6.07 Å². The third-order valence-electron chi connectivity index (χ3n) is 2.87. The van der Waals surface area contributed by atoms with Gasteiger partial charge in [-0.2, -0.15) is 0 Å². The molecule has 0 amide bonds. The van der Waals surface area contributed by atoms with Crippen LogP contribution in [0.2, 0.25) is 0 Å². The van der Waals surface area contributed by atoms with Crippen LogP contribution in [0.3, 0.4) is 0 Å². The summed E-state index contributed by atoms with van der Waals surface area (Å²) in [6.07, 6.45) is 2.16. The van der Waals surface area contributed by atoms with Crippen LogP contribution in [0.15, 0.2) is 18.2 Å². The minimum absolute atomic E-state index is 0.214. The summed E-state index contributed by atoms with van der Waals surface area (Å²) in [6, 6.07) is 3.75. The molecule has 0 radical (unpaired) electrons. The number of hydrogen-bond donors (Lipinski definition) is 1. The Balaban J connectivity index is 2.32. The topological polar surface area (TPSA) is 38.9 Å². The fraction of sp³-hybridized carbons (Fsp3) is 0.250. The number of nitrogens with zero attached hydrogens (tertiary/aromatic N) is 1. The molecule has 4 heteroatoms. The van der Waals surface area contributed by atoms with E-state index in [0.29, 0.717) is 17.1 Å². The maximum absolute atomic E-state index is 13.5. The van der Waals surface area contributed by atoms with Gasteiger partial charge in [-0.25, -0.2) is 8.78 Å². The van der Waals surface area contributed by atoms with Gasteiger partial charge in [0.1, 0.15) is 11.6 Å². The summed E-state index contributed by atoms with van der Waals surface area (Å²) in [5, 5.41) is 0.214. The summed E-state index contributed by atoms with van der Waals surface area (Å²) >= 11 is 0. The van der Waals surface area contributed by atoms with Gasteiger partial charge in [0.05, 0.1) is 10.9 Å². The van der Waals surface area contributed by atoms with E-state index in [2.05, 4.69) is 4.98 Å². The Morgan fingerprint density at radius 3 is 2.62 bits per heavy atom. The van der Waals surface area contributed by atoms with Gasteiger partial charge in [-0.1, -0.05) is 0 Å². The highest BCUT2D eigenvalue weighted by atomic mass is 19.1. The average Bonchev–Trinajstić information content (AvgIpc) is 2.97. The van der Waals surface area contributed by atoms with E-state index < -0.39 is 11.6 Å². The van der Waals surface area contributed by atoms with Crippen LogP contribution in [0.1, 0.15) is 24.5 Å². The van der Waals surface area contributed by atoms with E-state index in [1.54, 1.807) is 6.07 Å². The SMILES string of the molecule is Nc1cc(C2CC2)nc2cc(F)cc(F)c12. The number of benzene rings is 1. The van der Waals surface area contributed by atoms with Crippen molar-refractivity contribution in [1.82, 2.24) is 4.98 Å². The summed E-state index contributed by atoms with van der Waals surface area (Å²) in [5.74, 6) is -0.856. The standard InChI is InChI=1S/C12H10F2N2/c13-7-3-8(14)12-9(15)5-10(6-1-2-6)16-11(12)4-7/h3-6H,1-2H2,(H2,15,16). The second-order valence-corrected chi connectivity index (χ2v) is 4.19. The Morgan fingerprint density at radius 2 is 1.94 bits per heavy atom. The average molecular weight is 220 g/mol. The quantitative estimate of drug-likeness (QED) is 0.802. The Bertz CT molecular complexity index is 577. The molecular weight excluding hydrogens is 210 g/mol. The lowest BCUT2D eigenvalue weighted by Gasteiger charge is -2.06. The molecule has 1 saturated carbocycles. The predicted octanol–water partition coefficient (Wildman–Crippen LogP) is 2.97. The molecule has 1 fully saturated rings. The molecule has 1 aromatic carbocycles. The van der Waals surface area contributed by atoms with E-state index in [9.17, 15) is 8.78 Å². The number of anilines is 1. The van der Waals surface area contributed by atoms with Gasteiger partial charge < -0.3 is 5.73 Å². The van der Waals surface area contributed by atoms with Gasteiger partial charge in [0.2, 0.25) is 0 Å². The minimum atomic E-state index is -0.651. The molecule has 0 aliphatic heterocycles. The van der Waals surface area contributed by atoms with Crippen LogP contribution in [0.5, 0.6) is 0 Å². The van der Waals surface area contributed by atoms with Gasteiger partial charge in [-0.05, 0) is 18.9 Å². The molecule has 0 bridgehead atoms. The monoisotopic (exact) mass is 220 g/mol. The lowest BCUT2D eigenvalue weighted by atomic mass is 10.1. The lowest BCUT2D eigenvalue weighted by Crippen LogP contribution is -1.97. The first-order valence-electron chi connectivity index (χ1n) is 5.20. The summed E-state index contributed by atoms with van der Waals surface area (Å²) in [5.41, 5.74) is 7.26. The van der Waals surface area contributed by atoms with E-state index >= 15 is 0 Å². The van der Waals surface area contributed by atoms with E-state index in [4.69, 9.17) is 5.73 Å². The number of aromatic nitrogens is 1. The van der Waals surface area contributed by atoms with Gasteiger partial charge in [0.25, 0.3) is 0 Å². The van der Waals surface area contributed by atoms with E-state index in [0.717, 1.165) is 24.6 Å². The first-order valence-corrected chi connectivity index (χ1v) is 5.20. The number of nitrogen functional groups attached to an aromatic ring is 1. The number of nitrogens with two attached hydrogens (primary N) is 1. The number of pyridine rings is 1. The maximum atomic E-state index is 13.5. The van der Waals surface area contributed by atoms with E-state index in [1.807, 2.05) is 0 Å². The zero-order valence-corrected chi connectivity index (χ0v) is 8.50. The number of halogens is 2. The molecular formula is C12H10F2N2. The molecule has 2 nitrogen and oxygen atoms in total. The number of hydrogen-bond acceptors (Lipinski definition) is 2. The van der Waals surface area contributed by atoms with Crippen LogP contribution in [0.4, 0.5) is 14.5 Å². The Hall–Kier alpha value is -1.71. The van der Waals surface area contributed by atoms with E-state index in [-0.39, 0.29) is 5.39 Å². The highest BCUT2D eigenvalue weighted by Gasteiger charge is 2.26. The minimum Gasteiger partial charge on any atom is -0.398 e. The van der Waals surface area contributed by atoms with Gasteiger partial charge in [-0.3, -0.25) is 4.98 Å². The first kappa shape index (κ1) is 9.51. The van der Waals surface area contributed by atoms with Crippen molar-refractivity contribution in [3.8, 4) is 0 Å². The molecule has 2 aromatic rings. The first-order chi connectivity index (χ1) is 7.65. The summed E-state index contributed by atoms with van der Waals surface area (Å²) in [6.45, 7) is 0. The predicted molar refractivity (Wildman–Crippen MR) is 58.0 cm³/mol. The zero-order valence-electron chi connectivity index (χ0n) is 8.50. The van der Waals surface area contributed by atoms with Crippen molar-refractivity contribution in [1.29, 1.82) is 0 Å². The second kappa shape index (κ2) is 3.14. The van der Waals surface area contributed by atoms with Crippen LogP contribution >= 0.6 is 0 Å². The number of rotatable bonds is 1. The Morgan fingerprint density at radius 1 is 1.19 bits per heavy atom. The largest absolute Gasteiger partial charge is 0.398 e. The van der Waals surface area contributed by atoms with Crippen molar-refractivity contribution in [2.45, 2.75) is 18.8 Å². The van der Waals surface area contributed by atoms with Crippen molar-refractivity contribution in [2.75, 3.05) is 5.73 Å². The van der Waals surface area contributed by atoms with Crippen molar-refractivity contribution < 1.29 is 8.78 Å². The summed E-state index contributed by atoms with van der Waals surface area (Å²) in [7, 11) is 0. The van der Waals surface area contributed by atoms with Crippen molar-refractivity contribution >= 4 is 16.6 Å². The molecule has 0 atom stereocenters. The van der Waals surface area contributed by atoms with Crippen LogP contribution in [0, 0.1) is 11.6 Å². The van der Waals surface area contributed by atoms with Crippen molar-refractivity contribution in [3.63, 3.8) is 0 Å². The molecule has 1 heterocycles. The van der Waals surface area contributed by atoms with Crippen LogP contribution in [-0.2, 0) is 0 Å². The molecule has 1 aromatic heterocycles. The molecule has 0 spiro atoms. The molecule has 3 rings (SSSR count). The normalized spacial score (nSPS) is 15.6. The number of fused-ring (bicyclic) bond motifs is 1. The highest BCUT2D eigenvalue weighted by Crippen LogP contribution is 2.40. The molecule has 16 heavy (non-hydrogen) atoms. The molecule has 1 aliphatic rings. The van der Waals surface area contributed by atoms with Crippen LogP contribution in [-0.4, -0.2) is 4.98 Å². The molecule has 82 valence electrons. The summed E-state index contributed by atoms with van der Waals surface area (Å²) < 4.78 is 26.6. The van der Waals surface area contributed by atoms with Gasteiger partial charge in [-0.15, -0.1) is 0 Å². The van der Waals surface area contributed by atoms with Crippen molar-refractivity contribution in [2.24, 2.45) is 0 Å². The molecule has 0 saturated heterocycles. The zero-order chi connectivity index (χ0) is 11.3. The third kappa shape index (κ3) is 1.41. The van der Waals surface area contributed by atoms with Gasteiger partial charge in [0, 0.05) is 29.4 Å². The van der Waals surface area contributed by atoms with Gasteiger partial charge >= 0.3 is 0 Å². The third-order valence-corrected chi connectivity index (χ3v) is 2.87. The fourth-order valence-corrected chi connectivity index (χ4v) is 1.93.